The molecule has 0 saturated carbocycles. The highest BCUT2D eigenvalue weighted by Crippen LogP contribution is 2.32. The zero-order valence-corrected chi connectivity index (χ0v) is 21.2. The molecule has 0 radical (unpaired) electrons. The van der Waals surface area contributed by atoms with Gasteiger partial charge in [-0.25, -0.2) is 15.0 Å². The Morgan fingerprint density at radius 2 is 1.90 bits per heavy atom. The molecule has 40 heavy (non-hydrogen) atoms. The highest BCUT2D eigenvalue weighted by Gasteiger charge is 2.31. The average Bonchev–Trinajstić information content (AvgIpc) is 3.39. The van der Waals surface area contributed by atoms with Gasteiger partial charge in [0, 0.05) is 59.3 Å². The van der Waals surface area contributed by atoms with Gasteiger partial charge in [0.25, 0.3) is 0 Å². The van der Waals surface area contributed by atoms with Crippen LogP contribution in [0.5, 0.6) is 0 Å². The summed E-state index contributed by atoms with van der Waals surface area (Å²) >= 11 is 0. The Labute approximate surface area is 227 Å². The van der Waals surface area contributed by atoms with Crippen molar-refractivity contribution in [2.45, 2.75) is 26.1 Å². The minimum Gasteiger partial charge on any atom is -0.392 e. The van der Waals surface area contributed by atoms with Gasteiger partial charge in [0.1, 0.15) is 0 Å². The van der Waals surface area contributed by atoms with E-state index in [1.165, 1.54) is 29.1 Å². The molecule has 8 nitrogen and oxygen atoms in total. The molecule has 202 valence electrons. The first-order valence-corrected chi connectivity index (χ1v) is 12.2. The van der Waals surface area contributed by atoms with Gasteiger partial charge in [-0.15, -0.1) is 0 Å². The van der Waals surface area contributed by atoms with Crippen molar-refractivity contribution in [3.05, 3.63) is 114 Å². The van der Waals surface area contributed by atoms with Gasteiger partial charge in [-0.1, -0.05) is 12.1 Å². The molecule has 2 aromatic carbocycles. The normalized spacial score (nSPS) is 11.4. The molecule has 0 aliphatic heterocycles. The van der Waals surface area contributed by atoms with Gasteiger partial charge >= 0.3 is 6.18 Å². The molecule has 0 atom stereocenters. The number of carbonyl (C=O) groups is 1. The standard InChI is InChI=1S/C29H23F3N6O2/c1-18-15-38(17-35-18)24-10-19(9-23(13-24)29(30,31)32)11-27(40)20-4-5-22(16-39)26(12-20)37-28-34-8-6-25(36-28)21-3-2-7-33-14-21/h2-10,12-15,17,39H,11,16H2,1H3,(H,34,36,37). The lowest BCUT2D eigenvalue weighted by atomic mass is 9.98. The Morgan fingerprint density at radius 1 is 1.05 bits per heavy atom. The molecule has 0 spiro atoms. The lowest BCUT2D eigenvalue weighted by molar-refractivity contribution is -0.137. The first-order valence-electron chi connectivity index (χ1n) is 12.2. The van der Waals surface area contributed by atoms with Crippen LogP contribution in [0, 0.1) is 6.92 Å². The van der Waals surface area contributed by atoms with Crippen molar-refractivity contribution >= 4 is 17.4 Å². The van der Waals surface area contributed by atoms with Gasteiger partial charge in [0.2, 0.25) is 5.95 Å². The van der Waals surface area contributed by atoms with Crippen LogP contribution >= 0.6 is 0 Å². The minimum atomic E-state index is -4.59. The van der Waals surface area contributed by atoms with Crippen LogP contribution in [0.1, 0.15) is 32.7 Å². The number of hydrogen-bond acceptors (Lipinski definition) is 7. The van der Waals surface area contributed by atoms with Crippen molar-refractivity contribution in [1.29, 1.82) is 0 Å². The van der Waals surface area contributed by atoms with Crippen LogP contribution in [0.2, 0.25) is 0 Å². The van der Waals surface area contributed by atoms with Crippen molar-refractivity contribution in [3.8, 4) is 16.9 Å². The van der Waals surface area contributed by atoms with E-state index < -0.39 is 17.5 Å². The molecule has 0 amide bonds. The van der Waals surface area contributed by atoms with Crippen LogP contribution in [0.4, 0.5) is 24.8 Å². The molecule has 3 aromatic heterocycles. The number of aryl methyl sites for hydroxylation is 1. The molecule has 5 rings (SSSR count). The number of aromatic nitrogens is 5. The fraction of sp³-hybridized carbons (Fsp3) is 0.138. The Morgan fingerprint density at radius 3 is 2.60 bits per heavy atom. The lowest BCUT2D eigenvalue weighted by Gasteiger charge is -2.14. The quantitative estimate of drug-likeness (QED) is 0.241. The van der Waals surface area contributed by atoms with Gasteiger partial charge < -0.3 is 15.0 Å². The van der Waals surface area contributed by atoms with E-state index in [0.717, 1.165) is 17.7 Å². The number of imidazole rings is 1. The lowest BCUT2D eigenvalue weighted by Crippen LogP contribution is -2.10. The summed E-state index contributed by atoms with van der Waals surface area (Å²) in [5.74, 6) is -0.163. The van der Waals surface area contributed by atoms with E-state index in [9.17, 15) is 23.1 Å². The second-order valence-electron chi connectivity index (χ2n) is 9.07. The second kappa shape index (κ2) is 11.1. The van der Waals surface area contributed by atoms with E-state index in [1.807, 2.05) is 6.07 Å². The van der Waals surface area contributed by atoms with Gasteiger partial charge in [-0.3, -0.25) is 9.78 Å². The Hall–Kier alpha value is -4.90. The topological polar surface area (TPSA) is 106 Å². The van der Waals surface area contributed by atoms with Gasteiger partial charge in [-0.05, 0) is 55.0 Å². The zero-order valence-electron chi connectivity index (χ0n) is 21.2. The SMILES string of the molecule is Cc1cn(-c2cc(CC(=O)c3ccc(CO)c(Nc4nccc(-c5cccnc5)n4)c3)cc(C(F)(F)F)c2)cn1. The fourth-order valence-electron chi connectivity index (χ4n) is 4.16. The van der Waals surface area contributed by atoms with Gasteiger partial charge in [-0.2, -0.15) is 13.2 Å². The van der Waals surface area contributed by atoms with Crippen molar-refractivity contribution in [1.82, 2.24) is 24.5 Å². The highest BCUT2D eigenvalue weighted by molar-refractivity contribution is 5.98. The number of Topliss-reactive ketones (excluding diaryl/α,β-unsaturated/α-hetero) is 1. The molecule has 0 bridgehead atoms. The van der Waals surface area contributed by atoms with E-state index in [2.05, 4.69) is 25.3 Å². The molecule has 0 aliphatic carbocycles. The Bertz CT molecular complexity index is 1670. The van der Waals surface area contributed by atoms with E-state index in [1.54, 1.807) is 49.9 Å². The molecule has 0 saturated heterocycles. The van der Waals surface area contributed by atoms with Crippen molar-refractivity contribution in [3.63, 3.8) is 0 Å². The van der Waals surface area contributed by atoms with E-state index in [0.29, 0.717) is 22.6 Å². The predicted molar refractivity (Wildman–Crippen MR) is 142 cm³/mol. The highest BCUT2D eigenvalue weighted by atomic mass is 19.4. The number of rotatable bonds is 8. The Kier molecular flexibility index (Phi) is 7.39. The number of aliphatic hydroxyl groups is 1. The zero-order chi connectivity index (χ0) is 28.3. The van der Waals surface area contributed by atoms with Crippen LogP contribution in [0.15, 0.2) is 85.7 Å². The summed E-state index contributed by atoms with van der Waals surface area (Å²) in [5, 5.41) is 12.9. The van der Waals surface area contributed by atoms with Crippen molar-refractivity contribution in [2.24, 2.45) is 0 Å². The van der Waals surface area contributed by atoms with Crippen molar-refractivity contribution in [2.75, 3.05) is 5.32 Å². The first kappa shape index (κ1) is 26.7. The molecule has 2 N–H and O–H groups in total. The molecule has 11 heteroatoms. The molecular formula is C29H23F3N6O2. The van der Waals surface area contributed by atoms with Crippen LogP contribution in [-0.2, 0) is 19.2 Å². The fourth-order valence-corrected chi connectivity index (χ4v) is 4.16. The molecule has 0 aliphatic rings. The van der Waals surface area contributed by atoms with Crippen LogP contribution in [0.25, 0.3) is 16.9 Å². The molecule has 5 aromatic rings. The molecule has 3 heterocycles. The number of pyridine rings is 1. The maximum Gasteiger partial charge on any atom is 0.416 e. The average molecular weight is 545 g/mol. The summed E-state index contributed by atoms with van der Waals surface area (Å²) < 4.78 is 42.4. The van der Waals surface area contributed by atoms with Gasteiger partial charge in [0.15, 0.2) is 5.78 Å². The molecular weight excluding hydrogens is 521 g/mol. The van der Waals surface area contributed by atoms with Crippen molar-refractivity contribution < 1.29 is 23.1 Å². The molecule has 0 unspecified atom stereocenters. The number of anilines is 2. The number of ketones is 1. The third kappa shape index (κ3) is 6.05. The summed E-state index contributed by atoms with van der Waals surface area (Å²) in [7, 11) is 0. The third-order valence-electron chi connectivity index (χ3n) is 6.14. The van der Waals surface area contributed by atoms with E-state index in [-0.39, 0.29) is 35.8 Å². The number of nitrogens with zero attached hydrogens (tertiary/aromatic N) is 5. The molecule has 0 fully saturated rings. The Balaban J connectivity index is 1.43. The summed E-state index contributed by atoms with van der Waals surface area (Å²) in [5.41, 5.74) is 2.79. The first-order chi connectivity index (χ1) is 19.2. The smallest absolute Gasteiger partial charge is 0.392 e. The van der Waals surface area contributed by atoms with Crippen LogP contribution in [0.3, 0.4) is 0 Å². The predicted octanol–water partition coefficient (Wildman–Crippen LogP) is 5.71. The third-order valence-corrected chi connectivity index (χ3v) is 6.14. The van der Waals surface area contributed by atoms with E-state index in [4.69, 9.17) is 0 Å². The number of alkyl halides is 3. The summed E-state index contributed by atoms with van der Waals surface area (Å²) in [4.78, 5) is 30.1. The van der Waals surface area contributed by atoms with E-state index >= 15 is 0 Å². The van der Waals surface area contributed by atoms with Gasteiger partial charge in [0.05, 0.1) is 29.9 Å². The number of benzene rings is 2. The number of aliphatic hydroxyl groups excluding tert-OH is 1. The second-order valence-corrected chi connectivity index (χ2v) is 9.07. The summed E-state index contributed by atoms with van der Waals surface area (Å²) in [6.07, 6.45) is 3.06. The maximum absolute atomic E-state index is 13.7. The van der Waals surface area contributed by atoms with Crippen LogP contribution < -0.4 is 5.32 Å². The maximum atomic E-state index is 13.7. The number of halogens is 3. The monoisotopic (exact) mass is 544 g/mol. The summed E-state index contributed by atoms with van der Waals surface area (Å²) in [6, 6.07) is 13.5. The number of nitrogens with one attached hydrogen (secondary N) is 1. The summed E-state index contributed by atoms with van der Waals surface area (Å²) in [6.45, 7) is 1.41. The van der Waals surface area contributed by atoms with Crippen LogP contribution in [-0.4, -0.2) is 35.4 Å². The minimum absolute atomic E-state index is 0.203. The number of hydrogen-bond donors (Lipinski definition) is 2. The number of carbonyl (C=O) groups excluding carboxylic acids is 1. The largest absolute Gasteiger partial charge is 0.416 e.